The van der Waals surface area contributed by atoms with E-state index in [9.17, 15) is 29.7 Å². The molecule has 2 heterocycles. The fraction of sp³-hybridized carbons (Fsp3) is 0.443. The molecule has 2 aliphatic carbocycles. The maximum Gasteiger partial charge on any atom is 0.326 e. The summed E-state index contributed by atoms with van der Waals surface area (Å²) in [4.78, 5) is 50.0. The Hall–Kier alpha value is -7.45. The van der Waals surface area contributed by atoms with Crippen molar-refractivity contribution in [3.63, 3.8) is 0 Å². The molecule has 10 rings (SSSR count). The third kappa shape index (κ3) is 13.9. The van der Waals surface area contributed by atoms with Gasteiger partial charge in [0.25, 0.3) is 11.8 Å². The van der Waals surface area contributed by atoms with Crippen LogP contribution in [0.15, 0.2) is 91.0 Å². The summed E-state index contributed by atoms with van der Waals surface area (Å²) in [5.41, 5.74) is 10.8. The number of likely N-dealkylation sites (tertiary alicyclic amines) is 2. The van der Waals surface area contributed by atoms with Crippen LogP contribution in [0.3, 0.4) is 0 Å². The number of ether oxygens (including phenoxy) is 4. The molecule has 2 saturated heterocycles. The first-order valence-corrected chi connectivity index (χ1v) is 30.7. The third-order valence-electron chi connectivity index (χ3n) is 18.2. The van der Waals surface area contributed by atoms with Crippen molar-refractivity contribution < 1.29 is 57.4 Å². The number of aliphatic hydroxyl groups excluding tert-OH is 1. The highest BCUT2D eigenvalue weighted by Crippen LogP contribution is 2.50. The molecule has 0 radical (unpaired) electrons. The highest BCUT2D eigenvalue weighted by Gasteiger charge is 2.36. The number of hydrogen-bond donors (Lipinski definition) is 5. The van der Waals surface area contributed by atoms with Gasteiger partial charge in [0.15, 0.2) is 6.29 Å². The Balaban J connectivity index is 0.860. The molecular formula is C70H84F2N6O10. The molecule has 4 aliphatic rings. The number of aliphatic carboxylic acids is 1. The number of carboxylic acids is 1. The van der Waals surface area contributed by atoms with Crippen LogP contribution in [0, 0.1) is 11.6 Å². The number of fused-ring (bicyclic) bond motifs is 2. The number of carboxylic acid groups (broad SMARTS) is 1. The smallest absolute Gasteiger partial charge is 0.326 e. The topological polar surface area (TPSA) is 186 Å². The Morgan fingerprint density at radius 3 is 1.60 bits per heavy atom. The second-order valence-electron chi connectivity index (χ2n) is 24.4. The molecule has 0 spiro atoms. The van der Waals surface area contributed by atoms with E-state index in [4.69, 9.17) is 18.9 Å². The van der Waals surface area contributed by atoms with Crippen molar-refractivity contribution in [1.29, 1.82) is 0 Å². The number of nitrogens with one attached hydrogen (secondary N) is 2. The molecule has 18 heteroatoms. The van der Waals surface area contributed by atoms with E-state index in [1.165, 1.54) is 12.1 Å². The molecule has 2 fully saturated rings. The zero-order valence-electron chi connectivity index (χ0n) is 51.7. The van der Waals surface area contributed by atoms with Gasteiger partial charge in [0.2, 0.25) is 0 Å². The van der Waals surface area contributed by atoms with Gasteiger partial charge < -0.3 is 49.8 Å². The van der Waals surface area contributed by atoms with Gasteiger partial charge >= 0.3 is 5.97 Å². The van der Waals surface area contributed by atoms with Crippen LogP contribution in [-0.2, 0) is 63.2 Å². The number of amides is 2. The normalized spacial score (nSPS) is 17.3. The summed E-state index contributed by atoms with van der Waals surface area (Å²) < 4.78 is 56.6. The van der Waals surface area contributed by atoms with Gasteiger partial charge in [0.1, 0.15) is 40.7 Å². The van der Waals surface area contributed by atoms with Crippen LogP contribution in [0.5, 0.6) is 23.0 Å². The summed E-state index contributed by atoms with van der Waals surface area (Å²) in [6.45, 7) is 5.39. The predicted octanol–water partition coefficient (Wildman–Crippen LogP) is 9.12. The lowest BCUT2D eigenvalue weighted by atomic mass is 9.88. The van der Waals surface area contributed by atoms with Crippen LogP contribution < -0.4 is 29.6 Å². The highest BCUT2D eigenvalue weighted by molar-refractivity contribution is 5.98. The molecule has 4 atom stereocenters. The largest absolute Gasteiger partial charge is 0.496 e. The Morgan fingerprint density at radius 2 is 1.08 bits per heavy atom. The lowest BCUT2D eigenvalue weighted by Crippen LogP contribution is -2.45. The van der Waals surface area contributed by atoms with E-state index < -0.39 is 47.8 Å². The summed E-state index contributed by atoms with van der Waals surface area (Å²) >= 11 is 0. The van der Waals surface area contributed by atoms with Crippen LogP contribution in [-0.4, -0.2) is 147 Å². The number of hydrogen-bond acceptors (Lipinski definition) is 13. The maximum atomic E-state index is 16.9. The number of methoxy groups -OCH3 is 4. The summed E-state index contributed by atoms with van der Waals surface area (Å²) in [7, 11) is 12.5. The number of carbonyl (C=O) groups excluding carboxylic acids is 2. The van der Waals surface area contributed by atoms with Gasteiger partial charge in [0.05, 0.1) is 45.6 Å². The van der Waals surface area contributed by atoms with Crippen molar-refractivity contribution in [2.75, 3.05) is 75.8 Å². The molecular weight excluding hydrogens is 1120 g/mol. The minimum absolute atomic E-state index is 0.000844. The van der Waals surface area contributed by atoms with Gasteiger partial charge in [-0.25, -0.2) is 13.6 Å². The van der Waals surface area contributed by atoms with Gasteiger partial charge in [0, 0.05) is 73.2 Å². The van der Waals surface area contributed by atoms with Crippen molar-refractivity contribution in [2.24, 2.45) is 0 Å². The number of nitrogens with zero attached hydrogens (tertiary/aromatic N) is 4. The van der Waals surface area contributed by atoms with Crippen LogP contribution >= 0.6 is 0 Å². The van der Waals surface area contributed by atoms with E-state index in [1.54, 1.807) is 40.6 Å². The van der Waals surface area contributed by atoms with E-state index in [-0.39, 0.29) is 35.8 Å². The number of aliphatic hydroxyl groups is 2. The highest BCUT2D eigenvalue weighted by atomic mass is 19.1. The monoisotopic (exact) mass is 1210 g/mol. The Morgan fingerprint density at radius 1 is 0.580 bits per heavy atom. The number of benzene rings is 6. The van der Waals surface area contributed by atoms with Crippen LogP contribution in [0.4, 0.5) is 8.78 Å². The second-order valence-corrected chi connectivity index (χ2v) is 24.4. The Bertz CT molecular complexity index is 3510. The molecule has 2 amide bonds. The summed E-state index contributed by atoms with van der Waals surface area (Å²) in [6.07, 6.45) is 4.95. The minimum atomic E-state index is -1.93. The minimum Gasteiger partial charge on any atom is -0.496 e. The van der Waals surface area contributed by atoms with Gasteiger partial charge in [-0.2, -0.15) is 0 Å². The molecule has 0 saturated carbocycles. The first-order valence-electron chi connectivity index (χ1n) is 30.7. The summed E-state index contributed by atoms with van der Waals surface area (Å²) in [6, 6.07) is 25.0. The number of carbonyl (C=O) groups is 3. The van der Waals surface area contributed by atoms with Crippen molar-refractivity contribution in [2.45, 2.75) is 127 Å². The van der Waals surface area contributed by atoms with Gasteiger partial charge in [-0.05, 0) is 179 Å². The molecule has 2 aliphatic heterocycles. The van der Waals surface area contributed by atoms with Crippen LogP contribution in [0.1, 0.15) is 143 Å². The number of rotatable bonds is 26. The molecule has 0 bridgehead atoms. The summed E-state index contributed by atoms with van der Waals surface area (Å²) in [5, 5.41) is 37.6. The lowest BCUT2D eigenvalue weighted by Gasteiger charge is -2.25. The van der Waals surface area contributed by atoms with Gasteiger partial charge in [-0.1, -0.05) is 66.7 Å². The molecule has 16 nitrogen and oxygen atoms in total. The molecule has 6 aromatic rings. The van der Waals surface area contributed by atoms with Crippen LogP contribution in [0.2, 0.25) is 0 Å². The van der Waals surface area contributed by atoms with E-state index in [0.29, 0.717) is 85.9 Å². The Labute approximate surface area is 515 Å². The zero-order valence-corrected chi connectivity index (χ0v) is 51.7. The summed E-state index contributed by atoms with van der Waals surface area (Å²) in [5.74, 6) is -1.63. The van der Waals surface area contributed by atoms with E-state index in [0.717, 1.165) is 120 Å². The predicted molar refractivity (Wildman–Crippen MR) is 332 cm³/mol. The molecule has 0 aromatic heterocycles. The van der Waals surface area contributed by atoms with Crippen molar-refractivity contribution in [3.8, 4) is 23.0 Å². The van der Waals surface area contributed by atoms with Crippen molar-refractivity contribution in [3.05, 3.63) is 186 Å². The molecule has 5 N–H and O–H groups in total. The van der Waals surface area contributed by atoms with Crippen molar-refractivity contribution in [1.82, 2.24) is 30.2 Å². The van der Waals surface area contributed by atoms with E-state index in [1.807, 2.05) is 86.7 Å². The number of halogens is 2. The third-order valence-corrected chi connectivity index (χ3v) is 18.2. The van der Waals surface area contributed by atoms with Gasteiger partial charge in [-0.15, -0.1) is 0 Å². The van der Waals surface area contributed by atoms with E-state index >= 15 is 8.78 Å². The molecule has 88 heavy (non-hydrogen) atoms. The standard InChI is InChI=1S/C70H84F2N6O10/c1-75(2)38-46-21-27-59(85-4)63(65(46)87-6)53-25-23-49-44(16-12-18-51(49)53)36-58(70(83)84)74-68(80)62-48(41-78-31-10-11-32-78)33-42(34-56(62)72)37-76(3)39-47-22-28-60(86-5)64(66(47)88-7)54-26-24-50-43(15-13-19-52(50)54)35-57(69(81)82)73-67(79)61-45(17-14-20-55(61)71)40-77-29-8-9-30-77/h12-22,27-28,33-34,53-54,57-58,69,81-82H,8-11,23-26,29-32,35-41H2,1-7H3,(H,73,79)(H,74,80)(H,83,84)/t53-,54+,57+,58+/m1/s1. The van der Waals surface area contributed by atoms with E-state index in [2.05, 4.69) is 31.4 Å². The van der Waals surface area contributed by atoms with Gasteiger partial charge in [-0.3, -0.25) is 24.3 Å². The SMILES string of the molecule is COc1ccc(CN(C)C)c(OC)c1[C@@H]1CCc2c(C[C@H](NC(=O)c3c(F)cc(CN(C)Cc4ccc(OC)c([C@H]5CCc6c(C[C@H](NC(=O)c7c(F)cccc7CN7CCCC7)C(O)O)cccc65)c4OC)cc3CN3CCCC3)C(=O)O)cccc21. The first kappa shape index (κ1) is 63.6. The molecule has 0 unspecified atom stereocenters. The lowest BCUT2D eigenvalue weighted by molar-refractivity contribution is -0.139. The molecule has 6 aromatic carbocycles. The van der Waals surface area contributed by atoms with Crippen molar-refractivity contribution >= 4 is 17.8 Å². The average molecular weight is 1210 g/mol. The maximum absolute atomic E-state index is 16.9. The zero-order chi connectivity index (χ0) is 62.3. The fourth-order valence-electron chi connectivity index (χ4n) is 14.3. The average Bonchev–Trinajstić information content (AvgIpc) is 1.87. The van der Waals surface area contributed by atoms with Crippen LogP contribution in [0.25, 0.3) is 0 Å². The first-order chi connectivity index (χ1) is 42.5. The fourth-order valence-corrected chi connectivity index (χ4v) is 14.3. The second kappa shape index (κ2) is 28.4. The Kier molecular flexibility index (Phi) is 20.5. The molecule has 468 valence electrons. The quantitative estimate of drug-likeness (QED) is 0.0324.